The summed E-state index contributed by atoms with van der Waals surface area (Å²) >= 11 is 0. The molecule has 9 nitrogen and oxygen atoms in total. The molecule has 0 aliphatic rings. The highest BCUT2D eigenvalue weighted by Crippen LogP contribution is 2.31. The maximum absolute atomic E-state index is 12.8. The van der Waals surface area contributed by atoms with Crippen LogP contribution < -0.4 is 9.44 Å². The van der Waals surface area contributed by atoms with Crippen LogP contribution in [-0.2, 0) is 20.0 Å². The Labute approximate surface area is 180 Å². The van der Waals surface area contributed by atoms with Crippen molar-refractivity contribution in [2.75, 3.05) is 9.44 Å². The second kappa shape index (κ2) is 8.36. The summed E-state index contributed by atoms with van der Waals surface area (Å²) in [5.41, 5.74) is 0.511. The first kappa shape index (κ1) is 22.2. The van der Waals surface area contributed by atoms with Crippen molar-refractivity contribution >= 4 is 37.1 Å². The summed E-state index contributed by atoms with van der Waals surface area (Å²) in [6.07, 6.45) is 0. The van der Waals surface area contributed by atoms with Gasteiger partial charge in [0.1, 0.15) is 0 Å². The van der Waals surface area contributed by atoms with Crippen molar-refractivity contribution in [3.05, 3.63) is 88.0 Å². The van der Waals surface area contributed by atoms with E-state index in [1.165, 1.54) is 18.2 Å². The molecule has 0 saturated heterocycles. The Morgan fingerprint density at radius 3 is 2.00 bits per heavy atom. The first-order valence-electron chi connectivity index (χ1n) is 8.96. The van der Waals surface area contributed by atoms with Gasteiger partial charge in [0.15, 0.2) is 0 Å². The molecule has 0 fully saturated rings. The van der Waals surface area contributed by atoms with E-state index in [2.05, 4.69) is 9.44 Å². The number of non-ortho nitro benzene ring substituents is 1. The SMILES string of the molecule is Cc1ccc(S(=O)(=O)Nc2cc([N+](=O)[O-])ccc2NS(=O)(=O)c2ccccc2C)cc1. The Bertz CT molecular complexity index is 1350. The van der Waals surface area contributed by atoms with Crippen molar-refractivity contribution in [2.45, 2.75) is 23.6 Å². The Kier molecular flexibility index (Phi) is 6.00. The second-order valence-corrected chi connectivity index (χ2v) is 10.1. The lowest BCUT2D eigenvalue weighted by atomic mass is 10.2. The van der Waals surface area contributed by atoms with Crippen molar-refractivity contribution < 1.29 is 21.8 Å². The minimum atomic E-state index is -4.13. The maximum Gasteiger partial charge on any atom is 0.271 e. The van der Waals surface area contributed by atoms with Crippen molar-refractivity contribution in [3.63, 3.8) is 0 Å². The van der Waals surface area contributed by atoms with E-state index >= 15 is 0 Å². The van der Waals surface area contributed by atoms with Gasteiger partial charge in [-0.1, -0.05) is 35.9 Å². The van der Waals surface area contributed by atoms with E-state index in [1.54, 1.807) is 44.2 Å². The minimum Gasteiger partial charge on any atom is -0.277 e. The summed E-state index contributed by atoms with van der Waals surface area (Å²) in [4.78, 5) is 10.4. The topological polar surface area (TPSA) is 135 Å². The molecule has 0 aliphatic carbocycles. The largest absolute Gasteiger partial charge is 0.277 e. The molecule has 0 atom stereocenters. The fourth-order valence-corrected chi connectivity index (χ4v) is 5.20. The van der Waals surface area contributed by atoms with Crippen LogP contribution in [0.4, 0.5) is 17.1 Å². The molecule has 0 heterocycles. The van der Waals surface area contributed by atoms with E-state index in [9.17, 15) is 26.9 Å². The van der Waals surface area contributed by atoms with Gasteiger partial charge in [0.25, 0.3) is 25.7 Å². The standard InChI is InChI=1S/C20H19N3O6S2/c1-14-7-10-17(11-8-14)30(26,27)22-19-13-16(23(24)25)9-12-18(19)21-31(28,29)20-6-4-3-5-15(20)2/h3-13,21-22H,1-2H3. The summed E-state index contributed by atoms with van der Waals surface area (Å²) < 4.78 is 55.8. The molecule has 0 aliphatic heterocycles. The molecule has 0 aromatic heterocycles. The minimum absolute atomic E-state index is 0.000643. The molecule has 0 amide bonds. The molecule has 3 aromatic carbocycles. The van der Waals surface area contributed by atoms with Crippen LogP contribution in [0.3, 0.4) is 0 Å². The third kappa shape index (κ3) is 5.01. The summed E-state index contributed by atoms with van der Waals surface area (Å²) in [5, 5.41) is 11.2. The van der Waals surface area contributed by atoms with Gasteiger partial charge >= 0.3 is 0 Å². The number of nitro groups is 1. The molecular weight excluding hydrogens is 442 g/mol. The van der Waals surface area contributed by atoms with E-state index in [4.69, 9.17) is 0 Å². The Morgan fingerprint density at radius 2 is 1.39 bits per heavy atom. The number of nitrogens with one attached hydrogen (secondary N) is 2. The summed E-state index contributed by atoms with van der Waals surface area (Å²) in [5.74, 6) is 0. The highest BCUT2D eigenvalue weighted by Gasteiger charge is 2.23. The first-order valence-corrected chi connectivity index (χ1v) is 11.9. The van der Waals surface area contributed by atoms with Crippen LogP contribution in [0, 0.1) is 24.0 Å². The predicted molar refractivity (Wildman–Crippen MR) is 117 cm³/mol. The van der Waals surface area contributed by atoms with E-state index in [0.29, 0.717) is 5.56 Å². The predicted octanol–water partition coefficient (Wildman–Crippen LogP) is 3.81. The second-order valence-electron chi connectivity index (χ2n) is 6.78. The van der Waals surface area contributed by atoms with Gasteiger partial charge in [-0.15, -0.1) is 0 Å². The molecule has 0 spiro atoms. The molecule has 3 aromatic rings. The third-order valence-electron chi connectivity index (χ3n) is 4.42. The molecule has 3 rings (SSSR count). The Balaban J connectivity index is 2.05. The molecule has 0 unspecified atom stereocenters. The summed E-state index contributed by atoms with van der Waals surface area (Å²) in [7, 11) is -8.21. The smallest absolute Gasteiger partial charge is 0.271 e. The highest BCUT2D eigenvalue weighted by atomic mass is 32.2. The van der Waals surface area contributed by atoms with Crippen LogP contribution in [-0.4, -0.2) is 21.8 Å². The summed E-state index contributed by atoms with van der Waals surface area (Å²) in [6.45, 7) is 3.41. The number of anilines is 2. The molecule has 0 radical (unpaired) electrons. The van der Waals surface area contributed by atoms with Crippen LogP contribution in [0.2, 0.25) is 0 Å². The maximum atomic E-state index is 12.8. The van der Waals surface area contributed by atoms with E-state index in [-0.39, 0.29) is 21.2 Å². The number of sulfonamides is 2. The monoisotopic (exact) mass is 461 g/mol. The van der Waals surface area contributed by atoms with Gasteiger partial charge in [-0.05, 0) is 43.7 Å². The van der Waals surface area contributed by atoms with Crippen molar-refractivity contribution in [1.29, 1.82) is 0 Å². The lowest BCUT2D eigenvalue weighted by Gasteiger charge is -2.15. The lowest BCUT2D eigenvalue weighted by molar-refractivity contribution is -0.384. The van der Waals surface area contributed by atoms with Gasteiger partial charge in [0, 0.05) is 12.1 Å². The van der Waals surface area contributed by atoms with Crippen LogP contribution in [0.5, 0.6) is 0 Å². The van der Waals surface area contributed by atoms with Gasteiger partial charge in [-0.25, -0.2) is 16.8 Å². The number of aryl methyl sites for hydroxylation is 2. The summed E-state index contributed by atoms with van der Waals surface area (Å²) in [6, 6.07) is 15.4. The zero-order chi connectivity index (χ0) is 22.8. The average Bonchev–Trinajstić information content (AvgIpc) is 2.69. The van der Waals surface area contributed by atoms with Gasteiger partial charge in [-0.2, -0.15) is 0 Å². The fourth-order valence-electron chi connectivity index (χ4n) is 2.80. The van der Waals surface area contributed by atoms with Gasteiger partial charge in [0.05, 0.1) is 26.1 Å². The van der Waals surface area contributed by atoms with Crippen molar-refractivity contribution in [3.8, 4) is 0 Å². The number of benzene rings is 3. The molecule has 162 valence electrons. The Morgan fingerprint density at radius 1 is 0.774 bits per heavy atom. The first-order chi connectivity index (χ1) is 14.5. The molecule has 0 bridgehead atoms. The number of rotatable bonds is 7. The fraction of sp³-hybridized carbons (Fsp3) is 0.100. The Hall–Kier alpha value is -3.44. The zero-order valence-corrected chi connectivity index (χ0v) is 18.2. The van der Waals surface area contributed by atoms with Crippen LogP contribution in [0.15, 0.2) is 76.5 Å². The van der Waals surface area contributed by atoms with Crippen LogP contribution >= 0.6 is 0 Å². The number of nitro benzene ring substituents is 1. The molecule has 2 N–H and O–H groups in total. The lowest BCUT2D eigenvalue weighted by Crippen LogP contribution is -2.18. The van der Waals surface area contributed by atoms with Gasteiger partial charge in [-0.3, -0.25) is 19.6 Å². The normalized spacial score (nSPS) is 11.7. The van der Waals surface area contributed by atoms with Crippen LogP contribution in [0.25, 0.3) is 0 Å². The molecule has 11 heteroatoms. The number of nitrogens with zero attached hydrogens (tertiary/aromatic N) is 1. The van der Waals surface area contributed by atoms with E-state index < -0.39 is 30.7 Å². The third-order valence-corrected chi connectivity index (χ3v) is 7.32. The average molecular weight is 462 g/mol. The van der Waals surface area contributed by atoms with Crippen molar-refractivity contribution in [1.82, 2.24) is 0 Å². The van der Waals surface area contributed by atoms with E-state index in [0.717, 1.165) is 23.8 Å². The van der Waals surface area contributed by atoms with Gasteiger partial charge in [0.2, 0.25) is 0 Å². The van der Waals surface area contributed by atoms with Crippen molar-refractivity contribution in [2.24, 2.45) is 0 Å². The highest BCUT2D eigenvalue weighted by molar-refractivity contribution is 7.93. The molecule has 31 heavy (non-hydrogen) atoms. The van der Waals surface area contributed by atoms with Crippen LogP contribution in [0.1, 0.15) is 11.1 Å². The quantitative estimate of drug-likeness (QED) is 0.406. The molecular formula is C20H19N3O6S2. The molecule has 0 saturated carbocycles. The zero-order valence-electron chi connectivity index (χ0n) is 16.6. The number of hydrogen-bond acceptors (Lipinski definition) is 6. The number of hydrogen-bond donors (Lipinski definition) is 2. The van der Waals surface area contributed by atoms with Gasteiger partial charge < -0.3 is 0 Å². The van der Waals surface area contributed by atoms with E-state index in [1.807, 2.05) is 0 Å².